The molecule has 0 aliphatic carbocycles. The van der Waals surface area contributed by atoms with Crippen LogP contribution in [-0.2, 0) is 123 Å². The molecule has 45 heteroatoms. The highest BCUT2D eigenvalue weighted by Gasteiger charge is 2.42. The third-order valence-electron chi connectivity index (χ3n) is 24.5. The maximum atomic E-state index is 13.6. The van der Waals surface area contributed by atoms with Gasteiger partial charge in [-0.25, -0.2) is 14.4 Å². The monoisotopic (exact) mass is 1910 g/mol. The largest absolute Gasteiger partial charge is 0.340 e. The number of imidazole rings is 3. The van der Waals surface area contributed by atoms with Crippen LogP contribution in [0.3, 0.4) is 0 Å². The number of benzene rings is 6. The van der Waals surface area contributed by atoms with Gasteiger partial charge in [0.05, 0.1) is 140 Å². The molecule has 2 saturated heterocycles. The van der Waals surface area contributed by atoms with E-state index in [4.69, 9.17) is 0 Å². The van der Waals surface area contributed by atoms with Gasteiger partial charge in [-0.1, -0.05) is 70.6 Å². The number of rotatable bonds is 0. The molecule has 0 atom stereocenters. The van der Waals surface area contributed by atoms with Crippen LogP contribution in [-0.4, -0.2) is 193 Å². The third kappa shape index (κ3) is 13.8. The second-order valence-electron chi connectivity index (χ2n) is 31.8. The van der Waals surface area contributed by atoms with Crippen LogP contribution in [0.5, 0.6) is 0 Å². The fourth-order valence-corrected chi connectivity index (χ4v) is 26.1. The zero-order chi connectivity index (χ0) is 93.8. The van der Waals surface area contributed by atoms with Gasteiger partial charge >= 0.3 is 50.4 Å². The van der Waals surface area contributed by atoms with Gasteiger partial charge in [-0.3, -0.25) is 94.5 Å². The van der Waals surface area contributed by atoms with Gasteiger partial charge in [-0.2, -0.15) is 0 Å². The molecule has 8 aliphatic rings. The quantitative estimate of drug-likeness (QED) is 0.142. The Hall–Kier alpha value is -12.5. The molecule has 0 saturated carbocycles. The van der Waals surface area contributed by atoms with E-state index in [9.17, 15) is 81.5 Å². The molecule has 0 unspecified atom stereocenters. The summed E-state index contributed by atoms with van der Waals surface area (Å²) in [5.74, 6) is -0.543. The van der Waals surface area contributed by atoms with E-state index in [-0.39, 0.29) is 62.3 Å². The SMILES string of the molecule is CN1C(=O)/C(=C2/Sc3cc4c(cc3N(C)C2=O)n(C)c(=O)c(=O)n4C)Sc2cc3c(cc21)n(C)c(=O)c(=O)n3C.CN1C(=O)/C(=C2/Sc3cc4c(cc3N(C)C2=O)n(C)c(=O)n4C)Sc2cc3c(cc21)n(C)c(=O)n3C.CN1CCS/C(=C2\Sc3cc4c(cc3N(C)C2=O)n(C)c(=O)c(=O)n4C)C1=O.CN1CCS/C(=C2\Sc3cc4c(cc3N(C)C2=O)n(C)c(=O)n4C)C1=O. The van der Waals surface area contributed by atoms with Crippen LogP contribution in [0, 0.1) is 0 Å². The van der Waals surface area contributed by atoms with Crippen molar-refractivity contribution in [3.05, 3.63) is 206 Å². The summed E-state index contributed by atoms with van der Waals surface area (Å²) in [5, 5.41) is 0. The van der Waals surface area contributed by atoms with Crippen molar-refractivity contribution >= 4 is 242 Å². The van der Waals surface area contributed by atoms with E-state index in [1.165, 1.54) is 158 Å². The molecule has 0 N–H and O–H groups in total. The van der Waals surface area contributed by atoms with Crippen molar-refractivity contribution in [2.45, 2.75) is 29.4 Å². The Bertz CT molecular complexity index is 7850. The first kappa shape index (κ1) is 89.5. The van der Waals surface area contributed by atoms with Gasteiger partial charge < -0.3 is 66.6 Å². The number of aromatic nitrogens is 12. The summed E-state index contributed by atoms with van der Waals surface area (Å²) in [4.78, 5) is 236. The summed E-state index contributed by atoms with van der Waals surface area (Å²) in [7, 11) is 32.8. The number of carbonyl (C=O) groups excluding carboxylic acids is 8. The predicted octanol–water partition coefficient (Wildman–Crippen LogP) is 5.04. The van der Waals surface area contributed by atoms with Crippen molar-refractivity contribution < 1.29 is 38.4 Å². The van der Waals surface area contributed by atoms with Crippen LogP contribution in [0.1, 0.15) is 0 Å². The first-order valence-electron chi connectivity index (χ1n) is 39.7. The predicted molar refractivity (Wildman–Crippen MR) is 512 cm³/mol. The van der Waals surface area contributed by atoms with Crippen LogP contribution in [0.4, 0.5) is 34.1 Å². The van der Waals surface area contributed by atoms with Crippen molar-refractivity contribution in [2.75, 3.05) is 110 Å². The zero-order valence-corrected chi connectivity index (χ0v) is 79.9. The third-order valence-corrected chi connectivity index (χ3v) is 33.9. The lowest BCUT2D eigenvalue weighted by atomic mass is 10.2. The lowest BCUT2D eigenvalue weighted by Crippen LogP contribution is -2.40. The van der Waals surface area contributed by atoms with Gasteiger partial charge in [0.25, 0.3) is 47.3 Å². The Labute approximate surface area is 769 Å². The molecule has 12 aromatic rings. The average molecular weight is 1910 g/mol. The number of aryl methyl sites for hydroxylation is 12. The van der Waals surface area contributed by atoms with E-state index >= 15 is 0 Å². The van der Waals surface area contributed by atoms with Gasteiger partial charge in [0.15, 0.2) is 0 Å². The van der Waals surface area contributed by atoms with Gasteiger partial charge in [0.2, 0.25) is 0 Å². The molecular weight excluding hydrogens is 1830 g/mol. The normalized spacial score (nSPS) is 18.8. The van der Waals surface area contributed by atoms with Crippen molar-refractivity contribution in [3.63, 3.8) is 0 Å². The smallest absolute Gasteiger partial charge is 0.328 e. The lowest BCUT2D eigenvalue weighted by Gasteiger charge is -2.32. The second kappa shape index (κ2) is 32.5. The molecule has 20 rings (SSSR count). The number of anilines is 6. The zero-order valence-electron chi connectivity index (χ0n) is 73.4. The highest BCUT2D eigenvalue weighted by Crippen LogP contribution is 2.54. The first-order valence-corrected chi connectivity index (χ1v) is 46.5. The summed E-state index contributed by atoms with van der Waals surface area (Å²) >= 11 is 10.1. The highest BCUT2D eigenvalue weighted by atomic mass is 32.2. The first-order chi connectivity index (χ1) is 61.4. The maximum Gasteiger partial charge on any atom is 0.328 e. The van der Waals surface area contributed by atoms with E-state index in [1.807, 2.05) is 36.4 Å². The van der Waals surface area contributed by atoms with Gasteiger partial charge in [-0.05, 0) is 72.8 Å². The number of likely N-dealkylation sites (N-methyl/N-ethyl adjacent to an activating group) is 8. The summed E-state index contributed by atoms with van der Waals surface area (Å²) in [6.45, 7) is 1.32. The summed E-state index contributed by atoms with van der Waals surface area (Å²) in [6.07, 6.45) is 0. The molecule has 6 aromatic heterocycles. The summed E-state index contributed by atoms with van der Waals surface area (Å²) in [6, 6.07) is 21.6. The molecule has 2 fully saturated rings. The van der Waals surface area contributed by atoms with Crippen LogP contribution in [0.2, 0.25) is 0 Å². The van der Waals surface area contributed by atoms with Gasteiger partial charge in [0, 0.05) is 195 Å². The fraction of sp³-hybridized carbons (Fsp3) is 0.282. The number of carbonyl (C=O) groups is 8. The van der Waals surface area contributed by atoms with Crippen LogP contribution < -0.4 is 79.8 Å². The van der Waals surface area contributed by atoms with Crippen LogP contribution in [0.25, 0.3) is 66.2 Å². The lowest BCUT2D eigenvalue weighted by molar-refractivity contribution is -0.126. The summed E-state index contributed by atoms with van der Waals surface area (Å²) < 4.78 is 17.1. The Morgan fingerprint density at radius 2 is 0.331 bits per heavy atom. The average Bonchev–Trinajstić information content (AvgIpc) is 1.31. The highest BCUT2D eigenvalue weighted by molar-refractivity contribution is 8.09. The molecule has 14 heterocycles. The van der Waals surface area contributed by atoms with Crippen molar-refractivity contribution in [1.82, 2.24) is 64.6 Å². The minimum absolute atomic E-state index is 0.109. The molecule has 8 aliphatic heterocycles. The van der Waals surface area contributed by atoms with Crippen molar-refractivity contribution in [3.8, 4) is 0 Å². The van der Waals surface area contributed by atoms with E-state index in [2.05, 4.69) is 0 Å². The molecule has 8 amide bonds. The Morgan fingerprint density at radius 1 is 0.185 bits per heavy atom. The molecule has 37 nitrogen and oxygen atoms in total. The van der Waals surface area contributed by atoms with E-state index in [1.54, 1.807) is 184 Å². The number of nitrogens with zero attached hydrogens (tertiary/aromatic N) is 20. The number of hydrogen-bond acceptors (Lipinski definition) is 25. The van der Waals surface area contributed by atoms with Crippen molar-refractivity contribution in [1.29, 1.82) is 0 Å². The number of amides is 8. The van der Waals surface area contributed by atoms with Crippen molar-refractivity contribution in [2.24, 2.45) is 84.6 Å². The molecule has 670 valence electrons. The van der Waals surface area contributed by atoms with E-state index in [0.717, 1.165) is 93.4 Å². The minimum atomic E-state index is -0.675. The number of fused-ring (bicyclic) bond motifs is 12. The topological polar surface area (TPSA) is 375 Å². The molecule has 0 bridgehead atoms. The molecule has 0 radical (unpaired) electrons. The Morgan fingerprint density at radius 3 is 0.508 bits per heavy atom. The Kier molecular flexibility index (Phi) is 22.4. The number of hydrogen-bond donors (Lipinski definition) is 0. The number of thioether (sulfide) groups is 8. The van der Waals surface area contributed by atoms with Gasteiger partial charge in [-0.15, -0.1) is 23.5 Å². The molecular formula is C85H80N20O17S8. The molecule has 130 heavy (non-hydrogen) atoms. The second-order valence-corrected chi connectivity index (χ2v) is 40.3. The fourth-order valence-electron chi connectivity index (χ4n) is 16.3. The van der Waals surface area contributed by atoms with Gasteiger partial charge in [0.1, 0.15) is 0 Å². The standard InChI is InChI=1S/C26H22N6O6S2.C24H22N6O4S2.C18H18N4O4S2.C17H18N4O3S2/c1-27-11-7-15-17(9-13(11)29(3)25(37)23(27)35)39-19(21(33)31(15)5)20-22(34)32(6)16-8-12-14(10-18(16)40-20)30(4)26(38)24(36)28(12)2;1-25-15-7-11-13(29(5)23(33)27(11)3)9-17(15)35-19(21(25)31)20-22(32)26(2)16-8-12-14(10-18(16)36-20)30(6)24(34)28(12)4;1-19-5-6-27-13(15(19)23)14-16(24)22(4)11-7-9-10(8-12(11)28-14)21(3)18(26)17(25)20(9)2;1-18-5-6-25-13(15(18)22)14-16(23)19(2)11-7-9-10(8-12(11)26-14)21(4)17(24)20(9)3/h7-10H,1-6H3;7-10H,1-6H3;7-8H,5-6H2,1-4H3;7-8H,5-6H2,1-4H3/b2*20-19-;2*14-13-. The minimum Gasteiger partial charge on any atom is -0.340 e. The van der Waals surface area contributed by atoms with E-state index in [0.29, 0.717) is 114 Å². The maximum absolute atomic E-state index is 13.6. The molecule has 6 aromatic carbocycles. The van der Waals surface area contributed by atoms with E-state index < -0.39 is 45.2 Å². The van der Waals surface area contributed by atoms with Crippen LogP contribution in [0.15, 0.2) is 185 Å². The molecule has 0 spiro atoms. The Balaban J connectivity index is 0.000000123. The van der Waals surface area contributed by atoms with Crippen LogP contribution >= 0.6 is 94.1 Å². The summed E-state index contributed by atoms with van der Waals surface area (Å²) in [5.41, 5.74) is 7.19.